The Morgan fingerprint density at radius 3 is 2.71 bits per heavy atom. The summed E-state index contributed by atoms with van der Waals surface area (Å²) in [6.45, 7) is 6.69. The molecule has 2 aliphatic heterocycles. The lowest BCUT2D eigenvalue weighted by molar-refractivity contribution is -0.157. The molecule has 45 heavy (non-hydrogen) atoms. The van der Waals surface area contributed by atoms with E-state index >= 15 is 0 Å². The van der Waals surface area contributed by atoms with Gasteiger partial charge in [0.25, 0.3) is 0 Å². The first-order chi connectivity index (χ1) is 21.7. The minimum atomic E-state index is -0.742. The molecule has 2 saturated heterocycles. The van der Waals surface area contributed by atoms with Gasteiger partial charge in [-0.05, 0) is 41.3 Å². The maximum absolute atomic E-state index is 14.2. The number of nitrogens with zero attached hydrogens (tertiary/aromatic N) is 5. The number of nitrogen functional groups attached to an aromatic ring is 1. The van der Waals surface area contributed by atoms with Gasteiger partial charge in [-0.3, -0.25) is 14.6 Å². The molecule has 1 aromatic heterocycles. The fourth-order valence-corrected chi connectivity index (χ4v) is 7.00. The normalized spacial score (nSPS) is 18.4. The molecule has 2 atom stereocenters. The van der Waals surface area contributed by atoms with Gasteiger partial charge < -0.3 is 20.9 Å². The van der Waals surface area contributed by atoms with Gasteiger partial charge in [0.2, 0.25) is 11.8 Å². The van der Waals surface area contributed by atoms with Gasteiger partial charge in [-0.1, -0.05) is 83.6 Å². The number of carbonyl (C=O) groups is 3. The van der Waals surface area contributed by atoms with E-state index < -0.39 is 12.2 Å². The third-order valence-electron chi connectivity index (χ3n) is 8.23. The number of piperazine rings is 1. The van der Waals surface area contributed by atoms with E-state index in [0.717, 1.165) is 32.5 Å². The Kier molecular flexibility index (Phi) is 8.75. The molecular weight excluding hydrogens is 610 g/mol. The smallest absolute Gasteiger partial charge is 0.332 e. The molecule has 2 fully saturated rings. The predicted molar refractivity (Wildman–Crippen MR) is 176 cm³/mol. The van der Waals surface area contributed by atoms with Crippen molar-refractivity contribution in [3.8, 4) is 0 Å². The van der Waals surface area contributed by atoms with Gasteiger partial charge in [-0.2, -0.15) is 5.01 Å². The second-order valence-electron chi connectivity index (χ2n) is 11.2. The average Bonchev–Trinajstić information content (AvgIpc) is 3.57. The number of halogens is 1. The molecule has 0 aliphatic carbocycles. The molecule has 0 unspecified atom stereocenters. The molecule has 4 aromatic rings. The zero-order valence-corrected chi connectivity index (χ0v) is 26.4. The van der Waals surface area contributed by atoms with Gasteiger partial charge in [0.05, 0.1) is 29.9 Å². The molecule has 10 nitrogen and oxygen atoms in total. The first-order valence-corrected chi connectivity index (χ1v) is 15.9. The molecule has 0 spiro atoms. The number of benzene rings is 3. The summed E-state index contributed by atoms with van der Waals surface area (Å²) < 4.78 is 0.944. The Labute approximate surface area is 270 Å². The van der Waals surface area contributed by atoms with Crippen LogP contribution < -0.4 is 11.1 Å². The van der Waals surface area contributed by atoms with Crippen LogP contribution in [-0.4, -0.2) is 74.5 Å². The Morgan fingerprint density at radius 1 is 1.16 bits per heavy atom. The van der Waals surface area contributed by atoms with Gasteiger partial charge in [0.15, 0.2) is 5.13 Å². The average molecular weight is 644 g/mol. The summed E-state index contributed by atoms with van der Waals surface area (Å²) in [6.07, 6.45) is 1.41. The van der Waals surface area contributed by atoms with Crippen LogP contribution in [0.4, 0.5) is 9.93 Å². The highest BCUT2D eigenvalue weighted by atomic mass is 35.5. The number of rotatable bonds is 9. The molecule has 3 heterocycles. The third kappa shape index (κ3) is 6.24. The molecule has 12 heteroatoms. The summed E-state index contributed by atoms with van der Waals surface area (Å²) in [6, 6.07) is 20.0. The van der Waals surface area contributed by atoms with Crippen molar-refractivity contribution >= 4 is 56.1 Å². The first-order valence-electron chi connectivity index (χ1n) is 14.7. The van der Waals surface area contributed by atoms with Crippen molar-refractivity contribution in [2.75, 3.05) is 25.4 Å². The van der Waals surface area contributed by atoms with E-state index in [2.05, 4.69) is 16.9 Å². The fraction of sp³-hybridized carbons (Fsp3) is 0.273. The highest BCUT2D eigenvalue weighted by Crippen LogP contribution is 2.32. The third-order valence-corrected chi connectivity index (χ3v) is 9.51. The van der Waals surface area contributed by atoms with E-state index in [1.54, 1.807) is 27.0 Å². The number of urea groups is 1. The van der Waals surface area contributed by atoms with Crippen LogP contribution in [0.25, 0.3) is 10.2 Å². The van der Waals surface area contributed by atoms with E-state index in [0.29, 0.717) is 23.1 Å². The maximum atomic E-state index is 14.2. The lowest BCUT2D eigenvalue weighted by Gasteiger charge is -2.46. The number of hydrazine groups is 1. The maximum Gasteiger partial charge on any atom is 0.332 e. The summed E-state index contributed by atoms with van der Waals surface area (Å²) in [4.78, 5) is 49.4. The van der Waals surface area contributed by atoms with Crippen molar-refractivity contribution in [2.45, 2.75) is 38.6 Å². The number of aryl methyl sites for hydroxylation is 1. The van der Waals surface area contributed by atoms with E-state index in [4.69, 9.17) is 17.3 Å². The second kappa shape index (κ2) is 12.9. The van der Waals surface area contributed by atoms with Crippen LogP contribution >= 0.6 is 22.9 Å². The predicted octanol–water partition coefficient (Wildman–Crippen LogP) is 4.58. The van der Waals surface area contributed by atoms with Gasteiger partial charge in [0.1, 0.15) is 12.2 Å². The molecule has 4 amide bonds. The van der Waals surface area contributed by atoms with Crippen LogP contribution in [0.1, 0.15) is 22.3 Å². The summed E-state index contributed by atoms with van der Waals surface area (Å²) in [5.74, 6) is -0.359. The van der Waals surface area contributed by atoms with Crippen molar-refractivity contribution in [3.63, 3.8) is 0 Å². The number of anilines is 1. The van der Waals surface area contributed by atoms with Crippen LogP contribution in [0, 0.1) is 6.92 Å². The molecular formula is C33H34ClN7O3S. The zero-order valence-electron chi connectivity index (χ0n) is 24.9. The zero-order chi connectivity index (χ0) is 31.7. The number of amides is 4. The Hall–Kier alpha value is -4.45. The first kappa shape index (κ1) is 30.6. The van der Waals surface area contributed by atoms with Crippen molar-refractivity contribution in [2.24, 2.45) is 0 Å². The number of thiazole rings is 1. The number of fused-ring (bicyclic) bond motifs is 2. The number of nitrogens with two attached hydrogens (primary N) is 1. The Balaban J connectivity index is 1.30. The van der Waals surface area contributed by atoms with E-state index in [9.17, 15) is 14.4 Å². The van der Waals surface area contributed by atoms with Gasteiger partial charge in [0, 0.05) is 24.5 Å². The lowest BCUT2D eigenvalue weighted by atomic mass is 10.00. The molecule has 2 aliphatic rings. The van der Waals surface area contributed by atoms with Crippen molar-refractivity contribution in [3.05, 3.63) is 107 Å². The number of hydrogen-bond donors (Lipinski definition) is 2. The van der Waals surface area contributed by atoms with Crippen LogP contribution in [0.2, 0.25) is 5.02 Å². The number of carbonyl (C=O) groups excluding carboxylic acids is 3. The van der Waals surface area contributed by atoms with Crippen LogP contribution in [0.15, 0.2) is 79.4 Å². The van der Waals surface area contributed by atoms with Crippen molar-refractivity contribution in [1.82, 2.24) is 30.1 Å². The van der Waals surface area contributed by atoms with E-state index in [1.807, 2.05) is 67.6 Å². The minimum absolute atomic E-state index is 0.0450. The largest absolute Gasteiger partial charge is 0.375 e. The van der Waals surface area contributed by atoms with Gasteiger partial charge in [-0.15, -0.1) is 6.58 Å². The standard InChI is InChI=1S/C33H34ClN7O3S/c1-3-14-39(33(44)36-17-23-12-13-25(34)21(2)15-23)40-20-29(42)41-26(16-22-8-5-4-6-9-22)31(43)38(19-28(40)41)18-24-10-7-11-27-30(24)37-32(35)45-27/h3-13,15,26,28H,1,14,16-20H2,2H3,(H2,35,37)(H,36,44)/t26-,28+/m0/s1. The Morgan fingerprint density at radius 2 is 1.96 bits per heavy atom. The monoisotopic (exact) mass is 643 g/mol. The van der Waals surface area contributed by atoms with Crippen molar-refractivity contribution in [1.29, 1.82) is 0 Å². The quantitative estimate of drug-likeness (QED) is 0.258. The van der Waals surface area contributed by atoms with Crippen LogP contribution in [-0.2, 0) is 29.1 Å². The van der Waals surface area contributed by atoms with Crippen molar-refractivity contribution < 1.29 is 14.4 Å². The highest BCUT2D eigenvalue weighted by molar-refractivity contribution is 7.22. The molecule has 3 N–H and O–H groups in total. The lowest BCUT2D eigenvalue weighted by Crippen LogP contribution is -2.66. The summed E-state index contributed by atoms with van der Waals surface area (Å²) in [5.41, 5.74) is 10.4. The van der Waals surface area contributed by atoms with E-state index in [1.165, 1.54) is 16.3 Å². The molecule has 3 aromatic carbocycles. The Bertz CT molecular complexity index is 1760. The molecule has 0 bridgehead atoms. The minimum Gasteiger partial charge on any atom is -0.375 e. The van der Waals surface area contributed by atoms with E-state index in [-0.39, 0.29) is 44.0 Å². The van der Waals surface area contributed by atoms with Crippen LogP contribution in [0.3, 0.4) is 0 Å². The van der Waals surface area contributed by atoms with Gasteiger partial charge >= 0.3 is 6.03 Å². The van der Waals surface area contributed by atoms with Crippen LogP contribution in [0.5, 0.6) is 0 Å². The molecule has 232 valence electrons. The van der Waals surface area contributed by atoms with Gasteiger partial charge in [-0.25, -0.2) is 9.78 Å². The SMILES string of the molecule is C=CCN(C(=O)NCc1ccc(Cl)c(C)c1)N1CC(=O)N2[C@@H](Cc3ccccc3)C(=O)N(Cc3cccc4sc(N)nc34)C[C@@H]21. The summed E-state index contributed by atoms with van der Waals surface area (Å²) in [5, 5.41) is 7.36. The summed E-state index contributed by atoms with van der Waals surface area (Å²) in [7, 11) is 0. The fourth-order valence-electron chi connectivity index (χ4n) is 6.10. The number of hydrogen-bond acceptors (Lipinski definition) is 7. The number of para-hydroxylation sites is 1. The number of nitrogens with one attached hydrogen (secondary N) is 1. The summed E-state index contributed by atoms with van der Waals surface area (Å²) >= 11 is 7.58. The second-order valence-corrected chi connectivity index (χ2v) is 12.7. The topological polar surface area (TPSA) is 115 Å². The molecule has 6 rings (SSSR count). The number of aromatic nitrogens is 1. The molecule has 0 radical (unpaired) electrons. The highest BCUT2D eigenvalue weighted by Gasteiger charge is 2.52. The molecule has 0 saturated carbocycles.